The van der Waals surface area contributed by atoms with Crippen LogP contribution in [0.15, 0.2) is 73.1 Å². The number of aromatic amines is 1. The molecule has 0 aliphatic carbocycles. The van der Waals surface area contributed by atoms with Gasteiger partial charge in [0, 0.05) is 71.2 Å². The molecule has 3 aromatic carbocycles. The third-order valence-corrected chi connectivity index (χ3v) is 7.97. The standard InChI is InChI=1S/C32H32N8O2/c33-11-3-12-40-19-22(37-38-40)18-39-13-10-21-7-6-20(14-28(21)39)15-34-17-27-30(24-4-1-2-5-26(24)36-27)31-25-16-35-32(42)23(25)8-9-29(31)41/h1-2,4-10,13-14,19,34,36,41H,3,11-12,15-18,33H2,(H,35,42). The first-order valence-corrected chi connectivity index (χ1v) is 14.2. The Kier molecular flexibility index (Phi) is 6.69. The summed E-state index contributed by atoms with van der Waals surface area (Å²) < 4.78 is 4.04. The number of phenols is 1. The second-order valence-electron chi connectivity index (χ2n) is 10.7. The fourth-order valence-corrected chi connectivity index (χ4v) is 5.95. The Balaban J connectivity index is 1.13. The minimum Gasteiger partial charge on any atom is -0.507 e. The molecule has 10 nitrogen and oxygen atoms in total. The number of fused-ring (bicyclic) bond motifs is 3. The van der Waals surface area contributed by atoms with Crippen LogP contribution < -0.4 is 16.4 Å². The number of aromatic nitrogens is 5. The Labute approximate surface area is 242 Å². The van der Waals surface area contributed by atoms with Crippen molar-refractivity contribution in [1.82, 2.24) is 35.2 Å². The fourth-order valence-electron chi connectivity index (χ4n) is 5.95. The number of nitrogens with two attached hydrogens (primary N) is 1. The number of nitrogens with zero attached hydrogens (tertiary/aromatic N) is 4. The Hall–Kier alpha value is -4.93. The molecule has 0 saturated heterocycles. The van der Waals surface area contributed by atoms with Crippen LogP contribution in [0.3, 0.4) is 0 Å². The smallest absolute Gasteiger partial charge is 0.251 e. The summed E-state index contributed by atoms with van der Waals surface area (Å²) in [6.07, 6.45) is 4.94. The fraction of sp³-hybridized carbons (Fsp3) is 0.219. The number of phenolic OH excluding ortho intramolecular Hbond substituents is 1. The number of carbonyl (C=O) groups is 1. The van der Waals surface area contributed by atoms with Crippen molar-refractivity contribution in [1.29, 1.82) is 0 Å². The van der Waals surface area contributed by atoms with Gasteiger partial charge in [0.1, 0.15) is 11.4 Å². The number of aromatic hydroxyl groups is 1. The monoisotopic (exact) mass is 560 g/mol. The molecule has 7 rings (SSSR count). The summed E-state index contributed by atoms with van der Waals surface area (Å²) in [4.78, 5) is 15.9. The van der Waals surface area contributed by atoms with Crippen molar-refractivity contribution in [3.8, 4) is 16.9 Å². The molecule has 1 aliphatic rings. The van der Waals surface area contributed by atoms with Gasteiger partial charge in [-0.05, 0) is 59.8 Å². The van der Waals surface area contributed by atoms with Gasteiger partial charge in [-0.25, -0.2) is 0 Å². The first-order valence-electron chi connectivity index (χ1n) is 14.2. The van der Waals surface area contributed by atoms with Gasteiger partial charge in [-0.3, -0.25) is 9.48 Å². The van der Waals surface area contributed by atoms with Gasteiger partial charge in [0.05, 0.1) is 12.7 Å². The molecule has 6 N–H and O–H groups in total. The molecule has 10 heteroatoms. The molecule has 1 amide bonds. The number of amides is 1. The molecule has 0 saturated carbocycles. The van der Waals surface area contributed by atoms with Crippen LogP contribution in [-0.4, -0.2) is 42.1 Å². The predicted octanol–water partition coefficient (Wildman–Crippen LogP) is 4.02. The van der Waals surface area contributed by atoms with Crippen LogP contribution in [0.5, 0.6) is 5.75 Å². The maximum atomic E-state index is 12.4. The molecule has 1 aliphatic heterocycles. The van der Waals surface area contributed by atoms with Crippen LogP contribution in [0, 0.1) is 0 Å². The topological polar surface area (TPSA) is 139 Å². The van der Waals surface area contributed by atoms with Gasteiger partial charge in [-0.1, -0.05) is 35.5 Å². The van der Waals surface area contributed by atoms with E-state index in [0.29, 0.717) is 43.9 Å². The molecule has 3 aromatic heterocycles. The second kappa shape index (κ2) is 10.8. The SMILES string of the molecule is NCCCn1cc(Cn2ccc3ccc(CNCc4[nH]c5ccccc5c4-c4c(O)ccc5c4CNC5=O)cc32)nn1. The summed E-state index contributed by atoms with van der Waals surface area (Å²) in [6.45, 7) is 3.65. The summed E-state index contributed by atoms with van der Waals surface area (Å²) in [7, 11) is 0. The number of hydrogen-bond acceptors (Lipinski definition) is 6. The van der Waals surface area contributed by atoms with E-state index in [4.69, 9.17) is 5.73 Å². The van der Waals surface area contributed by atoms with Crippen molar-refractivity contribution in [3.63, 3.8) is 0 Å². The Bertz CT molecular complexity index is 1930. The molecule has 212 valence electrons. The number of H-pyrrole nitrogens is 1. The van der Waals surface area contributed by atoms with Gasteiger partial charge < -0.3 is 31.0 Å². The molecule has 0 radical (unpaired) electrons. The summed E-state index contributed by atoms with van der Waals surface area (Å²) >= 11 is 0. The van der Waals surface area contributed by atoms with Crippen molar-refractivity contribution in [2.75, 3.05) is 6.54 Å². The van der Waals surface area contributed by atoms with E-state index in [9.17, 15) is 9.90 Å². The number of benzene rings is 3. The normalized spacial score (nSPS) is 12.8. The minimum absolute atomic E-state index is 0.109. The quantitative estimate of drug-likeness (QED) is 0.172. The van der Waals surface area contributed by atoms with Crippen LogP contribution in [0.1, 0.15) is 39.3 Å². The highest BCUT2D eigenvalue weighted by molar-refractivity contribution is 6.05. The van der Waals surface area contributed by atoms with E-state index in [1.165, 1.54) is 5.39 Å². The number of hydrogen-bond donors (Lipinski definition) is 5. The number of aryl methyl sites for hydroxylation is 1. The Morgan fingerprint density at radius 2 is 1.95 bits per heavy atom. The third kappa shape index (κ3) is 4.70. The van der Waals surface area contributed by atoms with Crippen molar-refractivity contribution >= 4 is 27.7 Å². The average Bonchev–Trinajstić information content (AvgIpc) is 3.79. The Morgan fingerprint density at radius 1 is 1.05 bits per heavy atom. The van der Waals surface area contributed by atoms with Crippen LogP contribution in [0.4, 0.5) is 0 Å². The molecule has 0 atom stereocenters. The van der Waals surface area contributed by atoms with Crippen LogP contribution >= 0.6 is 0 Å². The first kappa shape index (κ1) is 26.0. The lowest BCUT2D eigenvalue weighted by molar-refractivity contribution is 0.0965. The molecule has 0 fully saturated rings. The zero-order valence-corrected chi connectivity index (χ0v) is 23.1. The molecule has 42 heavy (non-hydrogen) atoms. The zero-order valence-electron chi connectivity index (χ0n) is 23.1. The molecule has 6 aromatic rings. The van der Waals surface area contributed by atoms with Crippen LogP contribution in [0.2, 0.25) is 0 Å². The maximum absolute atomic E-state index is 12.4. The highest BCUT2D eigenvalue weighted by Gasteiger charge is 2.27. The lowest BCUT2D eigenvalue weighted by atomic mass is 9.93. The van der Waals surface area contributed by atoms with E-state index in [0.717, 1.165) is 57.5 Å². The molecule has 0 unspecified atom stereocenters. The van der Waals surface area contributed by atoms with E-state index < -0.39 is 0 Å². The lowest BCUT2D eigenvalue weighted by Crippen LogP contribution is -2.14. The van der Waals surface area contributed by atoms with Gasteiger partial charge in [0.2, 0.25) is 0 Å². The summed E-state index contributed by atoms with van der Waals surface area (Å²) in [6, 6.07) is 20.0. The van der Waals surface area contributed by atoms with Crippen molar-refractivity contribution in [3.05, 3.63) is 101 Å². The number of para-hydroxylation sites is 1. The molecule has 0 bridgehead atoms. The number of rotatable bonds is 10. The van der Waals surface area contributed by atoms with Gasteiger partial charge in [0.25, 0.3) is 5.91 Å². The van der Waals surface area contributed by atoms with Gasteiger partial charge in [-0.15, -0.1) is 5.10 Å². The minimum atomic E-state index is -0.109. The Morgan fingerprint density at radius 3 is 2.86 bits per heavy atom. The largest absolute Gasteiger partial charge is 0.507 e. The zero-order chi connectivity index (χ0) is 28.6. The molecular weight excluding hydrogens is 528 g/mol. The van der Waals surface area contributed by atoms with Crippen molar-refractivity contribution < 1.29 is 9.90 Å². The summed E-state index contributed by atoms with van der Waals surface area (Å²) in [5.74, 6) is 0.0593. The van der Waals surface area contributed by atoms with E-state index in [1.807, 2.05) is 35.1 Å². The number of carbonyl (C=O) groups excluding carboxylic acids is 1. The molecular formula is C32H32N8O2. The van der Waals surface area contributed by atoms with Crippen molar-refractivity contribution in [2.45, 2.75) is 39.1 Å². The molecule has 4 heterocycles. The second-order valence-corrected chi connectivity index (χ2v) is 10.7. The predicted molar refractivity (Wildman–Crippen MR) is 162 cm³/mol. The van der Waals surface area contributed by atoms with E-state index >= 15 is 0 Å². The van der Waals surface area contributed by atoms with Crippen LogP contribution in [0.25, 0.3) is 32.9 Å². The van der Waals surface area contributed by atoms with Gasteiger partial charge in [0.15, 0.2) is 0 Å². The lowest BCUT2D eigenvalue weighted by Gasteiger charge is -2.13. The average molecular weight is 561 g/mol. The first-order chi connectivity index (χ1) is 20.6. The highest BCUT2D eigenvalue weighted by atomic mass is 16.3. The van der Waals surface area contributed by atoms with Crippen LogP contribution in [-0.2, 0) is 32.7 Å². The van der Waals surface area contributed by atoms with Gasteiger partial charge in [-0.2, -0.15) is 0 Å². The highest BCUT2D eigenvalue weighted by Crippen LogP contribution is 2.42. The number of nitrogens with one attached hydrogen (secondary N) is 3. The van der Waals surface area contributed by atoms with E-state index in [1.54, 1.807) is 12.1 Å². The van der Waals surface area contributed by atoms with E-state index in [2.05, 4.69) is 61.0 Å². The summed E-state index contributed by atoms with van der Waals surface area (Å²) in [5.41, 5.74) is 13.8. The van der Waals surface area contributed by atoms with E-state index in [-0.39, 0.29) is 11.7 Å². The van der Waals surface area contributed by atoms with Gasteiger partial charge >= 0.3 is 0 Å². The molecule has 0 spiro atoms. The summed E-state index contributed by atoms with van der Waals surface area (Å²) in [5, 5.41) is 28.2. The maximum Gasteiger partial charge on any atom is 0.251 e. The van der Waals surface area contributed by atoms with Crippen molar-refractivity contribution in [2.24, 2.45) is 5.73 Å². The third-order valence-electron chi connectivity index (χ3n) is 7.97.